The average Bonchev–Trinajstić information content (AvgIpc) is 2.88. The zero-order valence-electron chi connectivity index (χ0n) is 10.6. The van der Waals surface area contributed by atoms with Gasteiger partial charge in [0.25, 0.3) is 0 Å². The van der Waals surface area contributed by atoms with Gasteiger partial charge in [0.2, 0.25) is 5.91 Å². The molecule has 100 valence electrons. The van der Waals surface area contributed by atoms with E-state index in [1.54, 1.807) is 6.20 Å². The molecular weight excluding hydrogens is 244 g/mol. The number of morpholine rings is 1. The molecule has 1 amide bonds. The van der Waals surface area contributed by atoms with Crippen molar-refractivity contribution in [2.45, 2.75) is 19.1 Å². The Morgan fingerprint density at radius 2 is 2.42 bits per heavy atom. The van der Waals surface area contributed by atoms with Gasteiger partial charge in [-0.2, -0.15) is 5.10 Å². The number of hydrogen-bond donors (Lipinski definition) is 3. The lowest BCUT2D eigenvalue weighted by Gasteiger charge is -2.29. The van der Waals surface area contributed by atoms with Gasteiger partial charge in [-0.15, -0.1) is 0 Å². The number of ether oxygens (including phenoxy) is 1. The molecule has 3 N–H and O–H groups in total. The molecule has 1 saturated heterocycles. The standard InChI is InChI=1S/C13H16N4O2/c1-8-11(14-5-6-19-8)13(18)16-10-4-2-3-9-7-15-17-12(9)10/h2-4,7-8,11,14H,5-6H2,1H3,(H,15,17)(H,16,18)/t8-,11+/m1/s1. The van der Waals surface area contributed by atoms with E-state index in [1.165, 1.54) is 0 Å². The Bertz CT molecular complexity index is 595. The van der Waals surface area contributed by atoms with Crippen LogP contribution in [-0.4, -0.2) is 41.4 Å². The highest BCUT2D eigenvalue weighted by molar-refractivity contribution is 6.02. The van der Waals surface area contributed by atoms with Gasteiger partial charge in [0.1, 0.15) is 6.04 Å². The molecule has 1 aliphatic rings. The molecular formula is C13H16N4O2. The molecule has 2 heterocycles. The third kappa shape index (κ3) is 2.32. The van der Waals surface area contributed by atoms with Crippen molar-refractivity contribution in [1.29, 1.82) is 0 Å². The van der Waals surface area contributed by atoms with Gasteiger partial charge < -0.3 is 15.4 Å². The summed E-state index contributed by atoms with van der Waals surface area (Å²) in [5.74, 6) is -0.0886. The first-order chi connectivity index (χ1) is 9.25. The summed E-state index contributed by atoms with van der Waals surface area (Å²) < 4.78 is 5.48. The lowest BCUT2D eigenvalue weighted by atomic mass is 10.1. The zero-order valence-corrected chi connectivity index (χ0v) is 10.6. The van der Waals surface area contributed by atoms with E-state index in [0.29, 0.717) is 13.2 Å². The lowest BCUT2D eigenvalue weighted by Crippen LogP contribution is -2.53. The van der Waals surface area contributed by atoms with Crippen molar-refractivity contribution in [3.63, 3.8) is 0 Å². The van der Waals surface area contributed by atoms with E-state index in [4.69, 9.17) is 4.74 Å². The SMILES string of the molecule is C[C@H]1OCCN[C@@H]1C(=O)Nc1cccc2cn[nH]c12. The number of amides is 1. The summed E-state index contributed by atoms with van der Waals surface area (Å²) >= 11 is 0. The van der Waals surface area contributed by atoms with Crippen LogP contribution in [-0.2, 0) is 9.53 Å². The lowest BCUT2D eigenvalue weighted by molar-refractivity contribution is -0.123. The van der Waals surface area contributed by atoms with Crippen molar-refractivity contribution < 1.29 is 9.53 Å². The number of aromatic nitrogens is 2. The Kier molecular flexibility index (Phi) is 3.18. The monoisotopic (exact) mass is 260 g/mol. The fraction of sp³-hybridized carbons (Fsp3) is 0.385. The average molecular weight is 260 g/mol. The van der Waals surface area contributed by atoms with Crippen LogP contribution in [0.1, 0.15) is 6.92 Å². The molecule has 3 rings (SSSR count). The molecule has 19 heavy (non-hydrogen) atoms. The second-order valence-electron chi connectivity index (χ2n) is 4.64. The molecule has 1 aromatic heterocycles. The molecule has 0 spiro atoms. The van der Waals surface area contributed by atoms with Crippen LogP contribution < -0.4 is 10.6 Å². The van der Waals surface area contributed by atoms with Gasteiger partial charge >= 0.3 is 0 Å². The number of anilines is 1. The Balaban J connectivity index is 1.80. The van der Waals surface area contributed by atoms with E-state index in [1.807, 2.05) is 25.1 Å². The first kappa shape index (κ1) is 12.1. The molecule has 1 aliphatic heterocycles. The first-order valence-electron chi connectivity index (χ1n) is 6.33. The highest BCUT2D eigenvalue weighted by Crippen LogP contribution is 2.21. The molecule has 0 unspecified atom stereocenters. The van der Waals surface area contributed by atoms with Crippen LogP contribution in [0.3, 0.4) is 0 Å². The molecule has 0 aliphatic carbocycles. The minimum absolute atomic E-state index is 0.0886. The summed E-state index contributed by atoms with van der Waals surface area (Å²) in [4.78, 5) is 12.3. The summed E-state index contributed by atoms with van der Waals surface area (Å²) in [5, 5.41) is 13.9. The van der Waals surface area contributed by atoms with Gasteiger partial charge in [-0.05, 0) is 13.0 Å². The van der Waals surface area contributed by atoms with Crippen LogP contribution in [0.5, 0.6) is 0 Å². The number of aromatic amines is 1. The number of rotatable bonds is 2. The van der Waals surface area contributed by atoms with Crippen molar-refractivity contribution in [1.82, 2.24) is 15.5 Å². The predicted octanol–water partition coefficient (Wildman–Crippen LogP) is 0.878. The summed E-state index contributed by atoms with van der Waals surface area (Å²) in [6.07, 6.45) is 1.60. The van der Waals surface area contributed by atoms with E-state index in [2.05, 4.69) is 20.8 Å². The maximum Gasteiger partial charge on any atom is 0.244 e. The Morgan fingerprint density at radius 1 is 1.53 bits per heavy atom. The quantitative estimate of drug-likeness (QED) is 0.749. The maximum atomic E-state index is 12.3. The molecule has 1 aromatic carbocycles. The molecule has 0 bridgehead atoms. The van der Waals surface area contributed by atoms with E-state index in [-0.39, 0.29) is 18.1 Å². The third-order valence-electron chi connectivity index (χ3n) is 3.33. The number of nitrogens with zero attached hydrogens (tertiary/aromatic N) is 1. The Labute approximate surface area is 110 Å². The fourth-order valence-electron chi connectivity index (χ4n) is 2.31. The van der Waals surface area contributed by atoms with Gasteiger partial charge in [-0.25, -0.2) is 0 Å². The molecule has 1 fully saturated rings. The van der Waals surface area contributed by atoms with Crippen molar-refractivity contribution >= 4 is 22.5 Å². The number of hydrogen-bond acceptors (Lipinski definition) is 4. The number of fused-ring (bicyclic) bond motifs is 1. The number of benzene rings is 1. The Morgan fingerprint density at radius 3 is 3.26 bits per heavy atom. The highest BCUT2D eigenvalue weighted by atomic mass is 16.5. The van der Waals surface area contributed by atoms with Gasteiger partial charge in [0, 0.05) is 11.9 Å². The minimum atomic E-state index is -0.327. The number of carbonyl (C=O) groups excluding carboxylic acids is 1. The van der Waals surface area contributed by atoms with E-state index < -0.39 is 0 Å². The van der Waals surface area contributed by atoms with Crippen molar-refractivity contribution in [3.05, 3.63) is 24.4 Å². The van der Waals surface area contributed by atoms with Gasteiger partial charge in [0.05, 0.1) is 30.1 Å². The van der Waals surface area contributed by atoms with Gasteiger partial charge in [-0.1, -0.05) is 12.1 Å². The second kappa shape index (κ2) is 4.99. The summed E-state index contributed by atoms with van der Waals surface area (Å²) in [6.45, 7) is 3.23. The third-order valence-corrected chi connectivity index (χ3v) is 3.33. The van der Waals surface area contributed by atoms with Crippen LogP contribution in [0.4, 0.5) is 5.69 Å². The Hall–Kier alpha value is -1.92. The number of carbonyl (C=O) groups is 1. The molecule has 2 atom stereocenters. The molecule has 0 radical (unpaired) electrons. The molecule has 6 heteroatoms. The minimum Gasteiger partial charge on any atom is -0.375 e. The van der Waals surface area contributed by atoms with Crippen LogP contribution in [0.15, 0.2) is 24.4 Å². The second-order valence-corrected chi connectivity index (χ2v) is 4.64. The van der Waals surface area contributed by atoms with Crippen molar-refractivity contribution in [2.75, 3.05) is 18.5 Å². The number of nitrogens with one attached hydrogen (secondary N) is 3. The summed E-state index contributed by atoms with van der Waals surface area (Å²) in [5.41, 5.74) is 1.57. The van der Waals surface area contributed by atoms with Crippen LogP contribution in [0.25, 0.3) is 10.9 Å². The van der Waals surface area contributed by atoms with Crippen molar-refractivity contribution in [2.24, 2.45) is 0 Å². The largest absolute Gasteiger partial charge is 0.375 e. The van der Waals surface area contributed by atoms with Crippen LogP contribution in [0.2, 0.25) is 0 Å². The summed E-state index contributed by atoms with van der Waals surface area (Å²) in [6, 6.07) is 5.36. The van der Waals surface area contributed by atoms with E-state index in [0.717, 1.165) is 16.6 Å². The highest BCUT2D eigenvalue weighted by Gasteiger charge is 2.28. The fourth-order valence-corrected chi connectivity index (χ4v) is 2.31. The zero-order chi connectivity index (χ0) is 13.2. The molecule has 6 nitrogen and oxygen atoms in total. The molecule has 0 saturated carbocycles. The topological polar surface area (TPSA) is 79.0 Å². The van der Waals surface area contributed by atoms with Crippen LogP contribution in [0, 0.1) is 0 Å². The van der Waals surface area contributed by atoms with E-state index >= 15 is 0 Å². The van der Waals surface area contributed by atoms with Gasteiger partial charge in [-0.3, -0.25) is 9.89 Å². The van der Waals surface area contributed by atoms with Crippen LogP contribution >= 0.6 is 0 Å². The maximum absolute atomic E-state index is 12.3. The first-order valence-corrected chi connectivity index (χ1v) is 6.33. The number of H-pyrrole nitrogens is 1. The predicted molar refractivity (Wildman–Crippen MR) is 71.9 cm³/mol. The normalized spacial score (nSPS) is 23.4. The molecule has 2 aromatic rings. The van der Waals surface area contributed by atoms with Gasteiger partial charge in [0.15, 0.2) is 0 Å². The van der Waals surface area contributed by atoms with Crippen molar-refractivity contribution in [3.8, 4) is 0 Å². The smallest absolute Gasteiger partial charge is 0.244 e. The van der Waals surface area contributed by atoms with E-state index in [9.17, 15) is 4.79 Å². The summed E-state index contributed by atoms with van der Waals surface area (Å²) in [7, 11) is 0. The number of para-hydroxylation sites is 1.